The average molecular weight is 241 g/mol. The van der Waals surface area contributed by atoms with Gasteiger partial charge in [0.2, 0.25) is 5.91 Å². The second-order valence-corrected chi connectivity index (χ2v) is 3.87. The molecule has 4 N–H and O–H groups in total. The quantitative estimate of drug-likeness (QED) is 0.534. The highest BCUT2D eigenvalue weighted by Crippen LogP contribution is 2.02. The van der Waals surface area contributed by atoms with E-state index in [4.69, 9.17) is 17.3 Å². The van der Waals surface area contributed by atoms with Crippen LogP contribution in [0.15, 0.2) is 0 Å². The zero-order chi connectivity index (χ0) is 13.6. The number of terminal acetylenes is 1. The molecule has 0 rings (SSSR count). The summed E-state index contributed by atoms with van der Waals surface area (Å²) in [6.07, 6.45) is 5.01. The Morgan fingerprint density at radius 2 is 2.00 bits per heavy atom. The first kappa shape index (κ1) is 14.8. The van der Waals surface area contributed by atoms with Crippen LogP contribution in [0.25, 0.3) is 0 Å². The smallest absolute Gasteiger partial charge is 0.323 e. The predicted molar refractivity (Wildman–Crippen MR) is 59.8 cm³/mol. The van der Waals surface area contributed by atoms with E-state index in [0.717, 1.165) is 4.90 Å². The van der Waals surface area contributed by atoms with Crippen molar-refractivity contribution in [2.45, 2.75) is 19.4 Å². The number of carboxylic acids is 1. The summed E-state index contributed by atoms with van der Waals surface area (Å²) in [5.41, 5.74) is 3.79. The molecule has 0 fully saturated rings. The fraction of sp³-hybridized carbons (Fsp3) is 0.500. The van der Waals surface area contributed by atoms with Crippen molar-refractivity contribution in [3.63, 3.8) is 0 Å². The minimum atomic E-state index is -1.28. The van der Waals surface area contributed by atoms with Crippen LogP contribution < -0.4 is 11.1 Å². The van der Waals surface area contributed by atoms with Crippen molar-refractivity contribution in [1.82, 2.24) is 10.2 Å². The van der Waals surface area contributed by atoms with Crippen molar-refractivity contribution >= 4 is 17.9 Å². The number of nitrogens with zero attached hydrogens (tertiary/aromatic N) is 1. The van der Waals surface area contributed by atoms with Crippen LogP contribution in [0.3, 0.4) is 0 Å². The Labute approximate surface area is 99.0 Å². The first-order valence-electron chi connectivity index (χ1n) is 4.73. The van der Waals surface area contributed by atoms with E-state index >= 15 is 0 Å². The van der Waals surface area contributed by atoms with Crippen molar-refractivity contribution in [3.05, 3.63) is 0 Å². The number of amides is 3. The van der Waals surface area contributed by atoms with Crippen LogP contribution in [-0.2, 0) is 9.59 Å². The molecule has 0 aromatic rings. The Morgan fingerprint density at radius 1 is 1.47 bits per heavy atom. The number of hydrogen-bond donors (Lipinski definition) is 3. The van der Waals surface area contributed by atoms with Gasteiger partial charge in [0.1, 0.15) is 12.1 Å². The SMILES string of the molecule is C#CCN(CC(=O)O)C(=O)NC(C)(C)C(N)=O. The Kier molecular flexibility index (Phi) is 4.99. The third kappa shape index (κ3) is 4.88. The number of nitrogens with one attached hydrogen (secondary N) is 1. The van der Waals surface area contributed by atoms with E-state index in [1.165, 1.54) is 13.8 Å². The van der Waals surface area contributed by atoms with Crippen molar-refractivity contribution in [1.29, 1.82) is 0 Å². The molecule has 0 atom stereocenters. The number of nitrogens with two attached hydrogens (primary N) is 1. The number of primary amides is 1. The van der Waals surface area contributed by atoms with Crippen LogP contribution in [0.4, 0.5) is 4.79 Å². The number of urea groups is 1. The van der Waals surface area contributed by atoms with Crippen LogP contribution in [0.1, 0.15) is 13.8 Å². The second-order valence-electron chi connectivity index (χ2n) is 3.87. The Bertz CT molecular complexity index is 370. The van der Waals surface area contributed by atoms with Gasteiger partial charge in [-0.25, -0.2) is 4.79 Å². The molecule has 0 radical (unpaired) electrons. The van der Waals surface area contributed by atoms with Crippen molar-refractivity contribution < 1.29 is 19.5 Å². The number of aliphatic carboxylic acids is 1. The number of carbonyl (C=O) groups excluding carboxylic acids is 2. The topological polar surface area (TPSA) is 113 Å². The number of carbonyl (C=O) groups is 3. The molecule has 0 saturated carbocycles. The second kappa shape index (κ2) is 5.75. The van der Waals surface area contributed by atoms with Crippen LogP contribution in [0.5, 0.6) is 0 Å². The van der Waals surface area contributed by atoms with Crippen molar-refractivity contribution in [3.8, 4) is 12.3 Å². The van der Waals surface area contributed by atoms with Crippen LogP contribution >= 0.6 is 0 Å². The number of hydrogen-bond acceptors (Lipinski definition) is 3. The molecule has 17 heavy (non-hydrogen) atoms. The largest absolute Gasteiger partial charge is 0.480 e. The fourth-order valence-corrected chi connectivity index (χ4v) is 0.881. The van der Waals surface area contributed by atoms with E-state index in [2.05, 4.69) is 11.2 Å². The molecule has 0 aliphatic rings. The molecular formula is C10H15N3O4. The first-order valence-corrected chi connectivity index (χ1v) is 4.73. The first-order chi connectivity index (χ1) is 7.70. The summed E-state index contributed by atoms with van der Waals surface area (Å²) in [6.45, 7) is 2.09. The highest BCUT2D eigenvalue weighted by molar-refractivity contribution is 5.90. The van der Waals surface area contributed by atoms with Crippen molar-refractivity contribution in [2.75, 3.05) is 13.1 Å². The molecular weight excluding hydrogens is 226 g/mol. The zero-order valence-corrected chi connectivity index (χ0v) is 9.69. The molecule has 0 aliphatic carbocycles. The van der Waals surface area contributed by atoms with Crippen LogP contribution in [0, 0.1) is 12.3 Å². The highest BCUT2D eigenvalue weighted by atomic mass is 16.4. The summed E-state index contributed by atoms with van der Waals surface area (Å²) in [7, 11) is 0. The lowest BCUT2D eigenvalue weighted by Gasteiger charge is -2.26. The van der Waals surface area contributed by atoms with Crippen LogP contribution in [-0.4, -0.2) is 46.5 Å². The summed E-state index contributed by atoms with van der Waals surface area (Å²) in [6, 6.07) is -0.755. The van der Waals surface area contributed by atoms with Gasteiger partial charge in [0.25, 0.3) is 0 Å². The normalized spacial score (nSPS) is 10.2. The molecule has 0 saturated heterocycles. The summed E-state index contributed by atoms with van der Waals surface area (Å²) in [5, 5.41) is 10.9. The van der Waals surface area contributed by atoms with Gasteiger partial charge in [-0.15, -0.1) is 6.42 Å². The molecule has 0 heterocycles. The summed E-state index contributed by atoms with van der Waals surface area (Å²) >= 11 is 0. The van der Waals surface area contributed by atoms with Gasteiger partial charge in [0.05, 0.1) is 6.54 Å². The third-order valence-corrected chi connectivity index (χ3v) is 1.93. The van der Waals surface area contributed by atoms with Gasteiger partial charge in [-0.2, -0.15) is 0 Å². The molecule has 0 aromatic heterocycles. The van der Waals surface area contributed by atoms with E-state index in [1.54, 1.807) is 0 Å². The number of carboxylic acid groups (broad SMARTS) is 1. The van der Waals surface area contributed by atoms with E-state index in [9.17, 15) is 14.4 Å². The van der Waals surface area contributed by atoms with Gasteiger partial charge < -0.3 is 21.1 Å². The van der Waals surface area contributed by atoms with E-state index in [-0.39, 0.29) is 6.54 Å². The summed E-state index contributed by atoms with van der Waals surface area (Å²) in [4.78, 5) is 34.0. The maximum Gasteiger partial charge on any atom is 0.323 e. The molecule has 7 heteroatoms. The van der Waals surface area contributed by atoms with E-state index in [0.29, 0.717) is 0 Å². The molecule has 3 amide bonds. The van der Waals surface area contributed by atoms with Gasteiger partial charge >= 0.3 is 12.0 Å². The van der Waals surface area contributed by atoms with Gasteiger partial charge in [-0.1, -0.05) is 5.92 Å². The lowest BCUT2D eigenvalue weighted by Crippen LogP contribution is -2.57. The standard InChI is InChI=1S/C10H15N3O4/c1-4-5-13(6-7(14)15)9(17)12-10(2,3)8(11)16/h1H,5-6H2,2-3H3,(H2,11,16)(H,12,17)(H,14,15). The molecule has 0 unspecified atom stereocenters. The minimum absolute atomic E-state index is 0.174. The van der Waals surface area contributed by atoms with E-state index in [1.807, 2.05) is 0 Å². The molecule has 7 nitrogen and oxygen atoms in total. The Morgan fingerprint density at radius 3 is 2.35 bits per heavy atom. The van der Waals surface area contributed by atoms with Crippen LogP contribution in [0.2, 0.25) is 0 Å². The van der Waals surface area contributed by atoms with Gasteiger partial charge in [0, 0.05) is 0 Å². The lowest BCUT2D eigenvalue weighted by atomic mass is 10.1. The number of rotatable bonds is 5. The lowest BCUT2D eigenvalue weighted by molar-refractivity contribution is -0.137. The monoisotopic (exact) mass is 241 g/mol. The average Bonchev–Trinajstić information content (AvgIpc) is 2.15. The third-order valence-electron chi connectivity index (χ3n) is 1.93. The predicted octanol–water partition coefficient (Wildman–Crippen LogP) is -1.02. The maximum absolute atomic E-state index is 11.6. The molecule has 0 bridgehead atoms. The Balaban J connectivity index is 4.70. The van der Waals surface area contributed by atoms with E-state index < -0.39 is 30.0 Å². The summed E-state index contributed by atoms with van der Waals surface area (Å²) < 4.78 is 0. The Hall–Kier alpha value is -2.23. The van der Waals surface area contributed by atoms with Gasteiger partial charge in [0.15, 0.2) is 0 Å². The maximum atomic E-state index is 11.6. The fourth-order valence-electron chi connectivity index (χ4n) is 0.881. The minimum Gasteiger partial charge on any atom is -0.480 e. The molecule has 0 aromatic carbocycles. The van der Waals surface area contributed by atoms with Gasteiger partial charge in [-0.3, -0.25) is 9.59 Å². The van der Waals surface area contributed by atoms with Crippen molar-refractivity contribution in [2.24, 2.45) is 5.73 Å². The summed E-state index contributed by atoms with van der Waals surface area (Å²) in [5.74, 6) is 0.219. The molecule has 0 spiro atoms. The highest BCUT2D eigenvalue weighted by Gasteiger charge is 2.29. The zero-order valence-electron chi connectivity index (χ0n) is 9.69. The van der Waals surface area contributed by atoms with Gasteiger partial charge in [-0.05, 0) is 13.8 Å². The molecule has 0 aliphatic heterocycles. The molecule has 94 valence electrons.